The van der Waals surface area contributed by atoms with E-state index in [0.717, 1.165) is 23.4 Å². The van der Waals surface area contributed by atoms with E-state index in [2.05, 4.69) is 0 Å². The summed E-state index contributed by atoms with van der Waals surface area (Å²) in [6.07, 6.45) is 0.740. The van der Waals surface area contributed by atoms with Gasteiger partial charge in [-0.2, -0.15) is 0 Å². The van der Waals surface area contributed by atoms with Gasteiger partial charge in [0.05, 0.1) is 18.7 Å². The first kappa shape index (κ1) is 21.1. The van der Waals surface area contributed by atoms with Gasteiger partial charge in [-0.05, 0) is 69.2 Å². The lowest BCUT2D eigenvalue weighted by atomic mass is 9.98. The van der Waals surface area contributed by atoms with Gasteiger partial charge in [0.1, 0.15) is 11.5 Å². The molecule has 1 saturated heterocycles. The van der Waals surface area contributed by atoms with Crippen molar-refractivity contribution in [2.45, 2.75) is 19.4 Å². The van der Waals surface area contributed by atoms with Gasteiger partial charge in [0.15, 0.2) is 0 Å². The second-order valence-electron chi connectivity index (χ2n) is 7.35. The standard InChI is InChI=1S/C22H26N2O4S/c1-14-13-15(8-9-16(14)28-4)20(25)18-19(17-7-5-12-29-17)24(22(27)21(18)26)11-6-10-23(2)3/h5,7-9,12-13,19,25H,6,10-11H2,1-4H3/b20-18+. The first-order valence-corrected chi connectivity index (χ1v) is 10.3. The molecule has 0 saturated carbocycles. The van der Waals surface area contributed by atoms with Crippen LogP contribution in [0.1, 0.15) is 28.5 Å². The molecule has 6 nitrogen and oxygen atoms in total. The van der Waals surface area contributed by atoms with Crippen LogP contribution in [0.3, 0.4) is 0 Å². The van der Waals surface area contributed by atoms with Crippen LogP contribution in [-0.2, 0) is 9.59 Å². The van der Waals surface area contributed by atoms with Crippen molar-refractivity contribution in [1.29, 1.82) is 0 Å². The molecule has 1 atom stereocenters. The molecule has 3 rings (SSSR count). The number of Topliss-reactive ketones (excluding diaryl/α,β-unsaturated/α-hetero) is 1. The lowest BCUT2D eigenvalue weighted by molar-refractivity contribution is -0.139. The Morgan fingerprint density at radius 2 is 2.03 bits per heavy atom. The van der Waals surface area contributed by atoms with Gasteiger partial charge < -0.3 is 19.6 Å². The number of aliphatic hydroxyl groups is 1. The summed E-state index contributed by atoms with van der Waals surface area (Å²) in [5.41, 5.74) is 1.48. The number of hydrogen-bond acceptors (Lipinski definition) is 6. The third kappa shape index (κ3) is 4.21. The van der Waals surface area contributed by atoms with Gasteiger partial charge >= 0.3 is 0 Å². The van der Waals surface area contributed by atoms with Crippen LogP contribution in [0.5, 0.6) is 5.75 Å². The number of benzene rings is 1. The summed E-state index contributed by atoms with van der Waals surface area (Å²) in [5.74, 6) is -0.656. The molecule has 29 heavy (non-hydrogen) atoms. The Kier molecular flexibility index (Phi) is 6.39. The molecule has 0 radical (unpaired) electrons. The number of methoxy groups -OCH3 is 1. The highest BCUT2D eigenvalue weighted by Crippen LogP contribution is 2.41. The summed E-state index contributed by atoms with van der Waals surface area (Å²) in [4.78, 5) is 30.2. The number of hydrogen-bond donors (Lipinski definition) is 1. The molecule has 0 spiro atoms. The molecule has 0 bridgehead atoms. The van der Waals surface area contributed by atoms with Crippen LogP contribution >= 0.6 is 11.3 Å². The fraction of sp³-hybridized carbons (Fsp3) is 0.364. The summed E-state index contributed by atoms with van der Waals surface area (Å²) in [7, 11) is 5.52. The zero-order valence-corrected chi connectivity index (χ0v) is 18.0. The minimum atomic E-state index is -0.640. The number of ether oxygens (including phenoxy) is 1. The third-order valence-electron chi connectivity index (χ3n) is 5.03. The van der Waals surface area contributed by atoms with Crippen molar-refractivity contribution < 1.29 is 19.4 Å². The van der Waals surface area contributed by atoms with Gasteiger partial charge in [0.25, 0.3) is 11.7 Å². The van der Waals surface area contributed by atoms with Crippen molar-refractivity contribution >= 4 is 28.8 Å². The molecule has 0 aliphatic carbocycles. The predicted molar refractivity (Wildman–Crippen MR) is 114 cm³/mol. The van der Waals surface area contributed by atoms with Crippen LogP contribution in [0.25, 0.3) is 5.76 Å². The number of carbonyl (C=O) groups is 2. The van der Waals surface area contributed by atoms with Gasteiger partial charge in [0, 0.05) is 17.0 Å². The average molecular weight is 415 g/mol. The monoisotopic (exact) mass is 414 g/mol. The number of aryl methyl sites for hydroxylation is 1. The van der Waals surface area contributed by atoms with Gasteiger partial charge in [-0.25, -0.2) is 0 Å². The van der Waals surface area contributed by atoms with E-state index in [-0.39, 0.29) is 11.3 Å². The molecule has 1 amide bonds. The molecule has 154 valence electrons. The van der Waals surface area contributed by atoms with Crippen LogP contribution in [0.15, 0.2) is 41.3 Å². The first-order chi connectivity index (χ1) is 13.8. The molecule has 1 unspecified atom stereocenters. The van der Waals surface area contributed by atoms with Crippen LogP contribution in [-0.4, -0.2) is 60.9 Å². The molecule has 2 heterocycles. The Hall–Kier alpha value is -2.64. The number of nitrogens with zero attached hydrogens (tertiary/aromatic N) is 2. The lowest BCUT2D eigenvalue weighted by Crippen LogP contribution is -2.32. The van der Waals surface area contributed by atoms with E-state index < -0.39 is 17.7 Å². The highest BCUT2D eigenvalue weighted by atomic mass is 32.1. The molecular formula is C22H26N2O4S. The van der Waals surface area contributed by atoms with Crippen LogP contribution < -0.4 is 4.74 Å². The number of aliphatic hydroxyl groups excluding tert-OH is 1. The van der Waals surface area contributed by atoms with Crippen molar-refractivity contribution in [2.75, 3.05) is 34.3 Å². The predicted octanol–water partition coefficient (Wildman–Crippen LogP) is 3.44. The highest BCUT2D eigenvalue weighted by molar-refractivity contribution is 7.10. The second kappa shape index (κ2) is 8.80. The molecule has 1 aromatic carbocycles. The van der Waals surface area contributed by atoms with Crippen molar-refractivity contribution in [2.24, 2.45) is 0 Å². The Balaban J connectivity index is 2.05. The van der Waals surface area contributed by atoms with Crippen LogP contribution in [0.2, 0.25) is 0 Å². The SMILES string of the molecule is COc1ccc(/C(O)=C2\C(=O)C(=O)N(CCCN(C)C)C2c2cccs2)cc1C. The Morgan fingerprint density at radius 1 is 1.28 bits per heavy atom. The van der Waals surface area contributed by atoms with Gasteiger partial charge in [-0.15, -0.1) is 11.3 Å². The fourth-order valence-electron chi connectivity index (χ4n) is 3.59. The Labute approximate surface area is 175 Å². The van der Waals surface area contributed by atoms with Crippen LogP contribution in [0, 0.1) is 6.92 Å². The third-order valence-corrected chi connectivity index (χ3v) is 5.95. The van der Waals surface area contributed by atoms with Gasteiger partial charge in [0.2, 0.25) is 0 Å². The number of ketones is 1. The van der Waals surface area contributed by atoms with E-state index in [1.165, 1.54) is 11.3 Å². The molecule has 7 heteroatoms. The number of carbonyl (C=O) groups excluding carboxylic acids is 2. The summed E-state index contributed by atoms with van der Waals surface area (Å²) >= 11 is 1.47. The fourth-order valence-corrected chi connectivity index (χ4v) is 4.44. The normalized spacial score (nSPS) is 18.7. The number of rotatable bonds is 7. The molecule has 2 aromatic rings. The van der Waals surface area contributed by atoms with E-state index in [4.69, 9.17) is 4.74 Å². The van der Waals surface area contributed by atoms with Gasteiger partial charge in [-0.1, -0.05) is 6.07 Å². The smallest absolute Gasteiger partial charge is 0.295 e. The minimum absolute atomic E-state index is 0.145. The molecule has 1 N–H and O–H groups in total. The summed E-state index contributed by atoms with van der Waals surface area (Å²) < 4.78 is 5.27. The topological polar surface area (TPSA) is 70.1 Å². The average Bonchev–Trinajstić information content (AvgIpc) is 3.29. The minimum Gasteiger partial charge on any atom is -0.507 e. The summed E-state index contributed by atoms with van der Waals surface area (Å²) in [6.45, 7) is 3.12. The maximum atomic E-state index is 12.9. The summed E-state index contributed by atoms with van der Waals surface area (Å²) in [6, 6.07) is 8.42. The maximum absolute atomic E-state index is 12.9. The zero-order valence-electron chi connectivity index (χ0n) is 17.1. The van der Waals surface area contributed by atoms with E-state index in [0.29, 0.717) is 17.9 Å². The quantitative estimate of drug-likeness (QED) is 0.427. The maximum Gasteiger partial charge on any atom is 0.295 e. The Morgan fingerprint density at radius 3 is 2.62 bits per heavy atom. The first-order valence-electron chi connectivity index (χ1n) is 9.46. The molecular weight excluding hydrogens is 388 g/mol. The largest absolute Gasteiger partial charge is 0.507 e. The van der Waals surface area contributed by atoms with E-state index in [9.17, 15) is 14.7 Å². The summed E-state index contributed by atoms with van der Waals surface area (Å²) in [5, 5.41) is 12.9. The molecule has 1 aliphatic heterocycles. The lowest BCUT2D eigenvalue weighted by Gasteiger charge is -2.24. The van der Waals surface area contributed by atoms with E-state index in [1.54, 1.807) is 30.2 Å². The second-order valence-corrected chi connectivity index (χ2v) is 8.33. The van der Waals surface area contributed by atoms with E-state index >= 15 is 0 Å². The molecule has 1 aliphatic rings. The number of thiophene rings is 1. The highest BCUT2D eigenvalue weighted by Gasteiger charge is 2.46. The van der Waals surface area contributed by atoms with Crippen molar-refractivity contribution in [3.63, 3.8) is 0 Å². The van der Waals surface area contributed by atoms with Crippen LogP contribution in [0.4, 0.5) is 0 Å². The van der Waals surface area contributed by atoms with Crippen molar-refractivity contribution in [3.8, 4) is 5.75 Å². The zero-order chi connectivity index (χ0) is 21.1. The van der Waals surface area contributed by atoms with Crippen molar-refractivity contribution in [1.82, 2.24) is 9.80 Å². The van der Waals surface area contributed by atoms with Gasteiger partial charge in [-0.3, -0.25) is 9.59 Å². The molecule has 1 aromatic heterocycles. The number of amides is 1. The molecule has 1 fully saturated rings. The van der Waals surface area contributed by atoms with E-state index in [1.807, 2.05) is 43.4 Å². The number of likely N-dealkylation sites (tertiary alicyclic amines) is 1. The Bertz CT molecular complexity index is 934. The van der Waals surface area contributed by atoms with Crippen molar-refractivity contribution in [3.05, 3.63) is 57.3 Å².